The van der Waals surface area contributed by atoms with Crippen molar-refractivity contribution in [3.8, 4) is 0 Å². The number of aromatic nitrogens is 2. The molecule has 1 atom stereocenters. The SMILES string of the molecule is Cc1nc2cc(CCC(C)N)ccc2n1C1CC1. The zero-order chi connectivity index (χ0) is 12.7. The monoisotopic (exact) mass is 243 g/mol. The molecular formula is C15H21N3. The zero-order valence-electron chi connectivity index (χ0n) is 11.2. The van der Waals surface area contributed by atoms with Gasteiger partial charge in [0, 0.05) is 12.1 Å². The number of hydrogen-bond acceptors (Lipinski definition) is 2. The Morgan fingerprint density at radius 2 is 2.22 bits per heavy atom. The molecule has 1 unspecified atom stereocenters. The highest BCUT2D eigenvalue weighted by molar-refractivity contribution is 5.77. The number of nitrogens with zero attached hydrogens (tertiary/aromatic N) is 2. The Hall–Kier alpha value is -1.35. The van der Waals surface area contributed by atoms with Crippen molar-refractivity contribution in [2.24, 2.45) is 5.73 Å². The van der Waals surface area contributed by atoms with Gasteiger partial charge in [-0.1, -0.05) is 6.07 Å². The van der Waals surface area contributed by atoms with Crippen molar-refractivity contribution < 1.29 is 0 Å². The summed E-state index contributed by atoms with van der Waals surface area (Å²) in [7, 11) is 0. The number of hydrogen-bond donors (Lipinski definition) is 1. The Kier molecular flexibility index (Phi) is 2.86. The van der Waals surface area contributed by atoms with E-state index in [1.165, 1.54) is 23.9 Å². The van der Waals surface area contributed by atoms with Gasteiger partial charge in [-0.05, 0) is 57.2 Å². The lowest BCUT2D eigenvalue weighted by atomic mass is 10.1. The first kappa shape index (κ1) is 11.7. The maximum Gasteiger partial charge on any atom is 0.106 e. The molecule has 1 aromatic heterocycles. The topological polar surface area (TPSA) is 43.8 Å². The van der Waals surface area contributed by atoms with E-state index in [0.29, 0.717) is 6.04 Å². The number of rotatable bonds is 4. The third kappa shape index (κ3) is 2.15. The van der Waals surface area contributed by atoms with Gasteiger partial charge in [0.05, 0.1) is 11.0 Å². The Balaban J connectivity index is 1.93. The number of benzene rings is 1. The molecule has 0 aliphatic heterocycles. The first-order valence-corrected chi connectivity index (χ1v) is 6.88. The van der Waals surface area contributed by atoms with Gasteiger partial charge < -0.3 is 10.3 Å². The van der Waals surface area contributed by atoms with E-state index in [4.69, 9.17) is 10.7 Å². The Morgan fingerprint density at radius 1 is 1.44 bits per heavy atom. The van der Waals surface area contributed by atoms with Gasteiger partial charge in [0.1, 0.15) is 5.82 Å². The number of nitrogens with two attached hydrogens (primary N) is 1. The second-order valence-electron chi connectivity index (χ2n) is 5.60. The fourth-order valence-electron chi connectivity index (χ4n) is 2.61. The lowest BCUT2D eigenvalue weighted by molar-refractivity contribution is 0.666. The predicted molar refractivity (Wildman–Crippen MR) is 74.7 cm³/mol. The van der Waals surface area contributed by atoms with Crippen molar-refractivity contribution >= 4 is 11.0 Å². The zero-order valence-corrected chi connectivity index (χ0v) is 11.2. The molecule has 2 N–H and O–H groups in total. The summed E-state index contributed by atoms with van der Waals surface area (Å²) in [5.74, 6) is 1.15. The molecule has 96 valence electrons. The van der Waals surface area contributed by atoms with Gasteiger partial charge in [-0.3, -0.25) is 0 Å². The summed E-state index contributed by atoms with van der Waals surface area (Å²) in [6.07, 6.45) is 4.69. The van der Waals surface area contributed by atoms with Crippen LogP contribution < -0.4 is 5.73 Å². The third-order valence-corrected chi connectivity index (χ3v) is 3.73. The first-order chi connectivity index (χ1) is 8.65. The van der Waals surface area contributed by atoms with Gasteiger partial charge in [-0.25, -0.2) is 4.98 Å². The Labute approximate surface area is 108 Å². The molecule has 1 fully saturated rings. The maximum absolute atomic E-state index is 5.81. The minimum Gasteiger partial charge on any atom is -0.328 e. The van der Waals surface area contributed by atoms with E-state index in [1.54, 1.807) is 0 Å². The fraction of sp³-hybridized carbons (Fsp3) is 0.533. The van der Waals surface area contributed by atoms with Gasteiger partial charge in [-0.2, -0.15) is 0 Å². The van der Waals surface area contributed by atoms with Crippen LogP contribution in [0.5, 0.6) is 0 Å². The number of aryl methyl sites for hydroxylation is 2. The number of imidazole rings is 1. The highest BCUT2D eigenvalue weighted by atomic mass is 15.1. The van der Waals surface area contributed by atoms with Gasteiger partial charge in [0.2, 0.25) is 0 Å². The van der Waals surface area contributed by atoms with Crippen LogP contribution >= 0.6 is 0 Å². The highest BCUT2D eigenvalue weighted by Crippen LogP contribution is 2.38. The quantitative estimate of drug-likeness (QED) is 0.897. The molecular weight excluding hydrogens is 222 g/mol. The molecule has 0 radical (unpaired) electrons. The van der Waals surface area contributed by atoms with Crippen molar-refractivity contribution in [3.63, 3.8) is 0 Å². The second-order valence-corrected chi connectivity index (χ2v) is 5.60. The van der Waals surface area contributed by atoms with E-state index in [-0.39, 0.29) is 6.04 Å². The van der Waals surface area contributed by atoms with Crippen LogP contribution in [0.3, 0.4) is 0 Å². The van der Waals surface area contributed by atoms with Crippen LogP contribution in [0.4, 0.5) is 0 Å². The van der Waals surface area contributed by atoms with Crippen LogP contribution in [0.2, 0.25) is 0 Å². The molecule has 1 aromatic carbocycles. The first-order valence-electron chi connectivity index (χ1n) is 6.88. The van der Waals surface area contributed by atoms with Crippen LogP contribution in [-0.2, 0) is 6.42 Å². The summed E-state index contributed by atoms with van der Waals surface area (Å²) >= 11 is 0. The van der Waals surface area contributed by atoms with Crippen LogP contribution in [0.1, 0.15) is 43.6 Å². The largest absolute Gasteiger partial charge is 0.328 e. The summed E-state index contributed by atoms with van der Waals surface area (Å²) in [6, 6.07) is 7.65. The second kappa shape index (κ2) is 4.39. The van der Waals surface area contributed by atoms with Crippen molar-refractivity contribution in [1.29, 1.82) is 0 Å². The summed E-state index contributed by atoms with van der Waals surface area (Å²) in [6.45, 7) is 4.17. The molecule has 0 bridgehead atoms. The predicted octanol–water partition coefficient (Wildman–Crippen LogP) is 2.96. The molecule has 1 aliphatic rings. The molecule has 2 aromatic rings. The minimum atomic E-state index is 0.270. The summed E-state index contributed by atoms with van der Waals surface area (Å²) < 4.78 is 2.39. The van der Waals surface area contributed by atoms with Crippen molar-refractivity contribution in [1.82, 2.24) is 9.55 Å². The molecule has 1 aliphatic carbocycles. The minimum absolute atomic E-state index is 0.270. The maximum atomic E-state index is 5.81. The summed E-state index contributed by atoms with van der Waals surface area (Å²) in [5.41, 5.74) is 9.59. The van der Waals surface area contributed by atoms with Crippen LogP contribution in [0, 0.1) is 6.92 Å². The van der Waals surface area contributed by atoms with E-state index in [2.05, 4.69) is 36.6 Å². The van der Waals surface area contributed by atoms with Gasteiger partial charge in [0.15, 0.2) is 0 Å². The molecule has 18 heavy (non-hydrogen) atoms. The smallest absolute Gasteiger partial charge is 0.106 e. The van der Waals surface area contributed by atoms with Crippen molar-refractivity contribution in [2.75, 3.05) is 0 Å². The third-order valence-electron chi connectivity index (χ3n) is 3.73. The normalized spacial score (nSPS) is 17.3. The van der Waals surface area contributed by atoms with E-state index < -0.39 is 0 Å². The van der Waals surface area contributed by atoms with E-state index >= 15 is 0 Å². The van der Waals surface area contributed by atoms with Crippen LogP contribution in [-0.4, -0.2) is 15.6 Å². The Morgan fingerprint density at radius 3 is 2.89 bits per heavy atom. The molecule has 3 rings (SSSR count). The molecule has 1 heterocycles. The lowest BCUT2D eigenvalue weighted by Crippen LogP contribution is -2.15. The van der Waals surface area contributed by atoms with E-state index in [9.17, 15) is 0 Å². The van der Waals surface area contributed by atoms with Crippen molar-refractivity contribution in [2.45, 2.75) is 51.6 Å². The molecule has 1 saturated carbocycles. The molecule has 0 saturated heterocycles. The van der Waals surface area contributed by atoms with Crippen molar-refractivity contribution in [3.05, 3.63) is 29.6 Å². The Bertz CT molecular complexity index is 564. The lowest BCUT2D eigenvalue weighted by Gasteiger charge is -2.06. The van der Waals surface area contributed by atoms with E-state index in [1.807, 2.05) is 0 Å². The highest BCUT2D eigenvalue weighted by Gasteiger charge is 2.26. The van der Waals surface area contributed by atoms with Gasteiger partial charge in [-0.15, -0.1) is 0 Å². The average Bonchev–Trinajstić information content (AvgIpc) is 3.09. The van der Waals surface area contributed by atoms with Gasteiger partial charge in [0.25, 0.3) is 0 Å². The van der Waals surface area contributed by atoms with Crippen LogP contribution in [0.25, 0.3) is 11.0 Å². The molecule has 0 spiro atoms. The molecule has 3 heteroatoms. The van der Waals surface area contributed by atoms with Crippen LogP contribution in [0.15, 0.2) is 18.2 Å². The van der Waals surface area contributed by atoms with Gasteiger partial charge >= 0.3 is 0 Å². The standard InChI is InChI=1S/C15H21N3/c1-10(16)3-4-12-5-8-15-14(9-12)17-11(2)18(15)13-6-7-13/h5,8-10,13H,3-4,6-7,16H2,1-2H3. The fourth-order valence-corrected chi connectivity index (χ4v) is 2.61. The number of fused-ring (bicyclic) bond motifs is 1. The van der Waals surface area contributed by atoms with E-state index in [0.717, 1.165) is 24.2 Å². The molecule has 0 amide bonds. The summed E-state index contributed by atoms with van der Waals surface area (Å²) in [4.78, 5) is 4.69. The molecule has 3 nitrogen and oxygen atoms in total. The average molecular weight is 243 g/mol. The summed E-state index contributed by atoms with van der Waals surface area (Å²) in [5, 5.41) is 0.